The van der Waals surface area contributed by atoms with Crippen molar-refractivity contribution in [1.29, 1.82) is 0 Å². The van der Waals surface area contributed by atoms with Crippen molar-refractivity contribution in [3.8, 4) is 10.6 Å². The number of allylic oxidation sites excluding steroid dienone is 1. The van der Waals surface area contributed by atoms with Gasteiger partial charge in [0.1, 0.15) is 16.0 Å². The van der Waals surface area contributed by atoms with Gasteiger partial charge in [-0.1, -0.05) is 6.07 Å². The molecule has 4 nitrogen and oxygen atoms in total. The lowest BCUT2D eigenvalue weighted by atomic mass is 10.1. The molecular formula is C14H10N4S2. The van der Waals surface area contributed by atoms with Gasteiger partial charge in [0, 0.05) is 16.6 Å². The Hall–Kier alpha value is -2.10. The number of hydrogen-bond donors (Lipinski definition) is 0. The highest BCUT2D eigenvalue weighted by atomic mass is 32.1. The average Bonchev–Trinajstić information content (AvgIpc) is 3.08. The Kier molecular flexibility index (Phi) is 3.30. The minimum atomic E-state index is 0.657. The summed E-state index contributed by atoms with van der Waals surface area (Å²) in [6.07, 6.45) is 3.64. The van der Waals surface area contributed by atoms with Crippen LogP contribution in [0.25, 0.3) is 32.5 Å². The maximum absolute atomic E-state index is 6.96. The summed E-state index contributed by atoms with van der Waals surface area (Å²) in [5.74, 6) is 0. The molecule has 2 aromatic heterocycles. The van der Waals surface area contributed by atoms with Gasteiger partial charge in [-0.15, -0.1) is 11.3 Å². The predicted molar refractivity (Wildman–Crippen MR) is 83.5 cm³/mol. The average molecular weight is 298 g/mol. The largest absolute Gasteiger partial charge is 0.244 e. The Morgan fingerprint density at radius 1 is 1.30 bits per heavy atom. The van der Waals surface area contributed by atoms with E-state index in [0.717, 1.165) is 32.0 Å². The summed E-state index contributed by atoms with van der Waals surface area (Å²) < 4.78 is 8.70. The van der Waals surface area contributed by atoms with Crippen molar-refractivity contribution in [1.82, 2.24) is 13.7 Å². The summed E-state index contributed by atoms with van der Waals surface area (Å²) in [6, 6.07) is 4.08. The number of thiazole rings is 1. The molecule has 0 amide bonds. The van der Waals surface area contributed by atoms with E-state index in [4.69, 9.17) is 6.57 Å². The van der Waals surface area contributed by atoms with Crippen molar-refractivity contribution in [2.75, 3.05) is 0 Å². The fourth-order valence-electron chi connectivity index (χ4n) is 1.88. The Balaban J connectivity index is 2.11. The normalized spacial score (nSPS) is 11.8. The molecule has 0 radical (unpaired) electrons. The smallest absolute Gasteiger partial charge is 0.164 e. The highest BCUT2D eigenvalue weighted by Gasteiger charge is 2.12. The molecule has 0 bridgehead atoms. The van der Waals surface area contributed by atoms with Crippen LogP contribution in [0.1, 0.15) is 17.4 Å². The Morgan fingerprint density at radius 2 is 2.10 bits per heavy atom. The van der Waals surface area contributed by atoms with Gasteiger partial charge in [0.25, 0.3) is 0 Å². The van der Waals surface area contributed by atoms with Crippen LogP contribution >= 0.6 is 23.1 Å². The topological polar surface area (TPSA) is 43.0 Å². The molecule has 0 fully saturated rings. The molecule has 98 valence electrons. The van der Waals surface area contributed by atoms with Crippen molar-refractivity contribution in [2.24, 2.45) is 0 Å². The van der Waals surface area contributed by atoms with Gasteiger partial charge < -0.3 is 0 Å². The van der Waals surface area contributed by atoms with Gasteiger partial charge in [-0.25, -0.2) is 9.83 Å². The number of hydrogen-bond acceptors (Lipinski definition) is 5. The molecule has 1 aromatic carbocycles. The summed E-state index contributed by atoms with van der Waals surface area (Å²) >= 11 is 2.78. The van der Waals surface area contributed by atoms with Crippen molar-refractivity contribution in [3.63, 3.8) is 0 Å². The molecule has 0 aliphatic heterocycles. The Bertz CT molecular complexity index is 852. The van der Waals surface area contributed by atoms with E-state index < -0.39 is 0 Å². The van der Waals surface area contributed by atoms with Crippen molar-refractivity contribution >= 4 is 40.2 Å². The predicted octanol–water partition coefficient (Wildman–Crippen LogP) is 4.40. The van der Waals surface area contributed by atoms with Crippen molar-refractivity contribution in [2.45, 2.75) is 13.8 Å². The lowest BCUT2D eigenvalue weighted by Gasteiger charge is -1.99. The quantitative estimate of drug-likeness (QED) is 0.658. The summed E-state index contributed by atoms with van der Waals surface area (Å²) in [4.78, 5) is 8.81. The van der Waals surface area contributed by atoms with Crippen LogP contribution in [-0.4, -0.2) is 13.7 Å². The third-order valence-corrected chi connectivity index (χ3v) is 4.40. The molecule has 0 spiro atoms. The first-order valence-corrected chi connectivity index (χ1v) is 7.47. The van der Waals surface area contributed by atoms with Gasteiger partial charge in [-0.3, -0.25) is 0 Å². The fraction of sp³-hybridized carbons (Fsp3) is 0.143. The summed E-state index contributed by atoms with van der Waals surface area (Å²) in [5, 5.41) is 0.909. The fourth-order valence-corrected chi connectivity index (χ4v) is 3.44. The van der Waals surface area contributed by atoms with E-state index in [2.05, 4.69) is 18.6 Å². The number of fused-ring (bicyclic) bond motifs is 1. The van der Waals surface area contributed by atoms with Crippen LogP contribution in [-0.2, 0) is 0 Å². The van der Waals surface area contributed by atoms with E-state index >= 15 is 0 Å². The summed E-state index contributed by atoms with van der Waals surface area (Å²) in [6.45, 7) is 10.8. The van der Waals surface area contributed by atoms with Crippen molar-refractivity contribution in [3.05, 3.63) is 45.9 Å². The first-order chi connectivity index (χ1) is 9.69. The van der Waals surface area contributed by atoms with Gasteiger partial charge in [0.2, 0.25) is 0 Å². The number of rotatable bonds is 2. The zero-order valence-corrected chi connectivity index (χ0v) is 12.5. The van der Waals surface area contributed by atoms with E-state index in [1.165, 1.54) is 11.7 Å². The molecular weight excluding hydrogens is 288 g/mol. The van der Waals surface area contributed by atoms with Crippen LogP contribution in [0.15, 0.2) is 24.0 Å². The lowest BCUT2D eigenvalue weighted by molar-refractivity contribution is 1.40. The maximum atomic E-state index is 6.96. The van der Waals surface area contributed by atoms with Crippen LogP contribution in [0, 0.1) is 13.5 Å². The molecule has 6 heteroatoms. The standard InChI is InChI=1S/C14H10N4S2/c1-8-4-5-11(13-12(8)17-20-18-13)14-16-7-10(19-14)6-9(2)15-3/h4-7H,1-2H3/b9-6-. The van der Waals surface area contributed by atoms with E-state index in [0.29, 0.717) is 5.70 Å². The third-order valence-electron chi connectivity index (χ3n) is 2.90. The van der Waals surface area contributed by atoms with E-state index in [1.807, 2.05) is 25.1 Å². The molecule has 0 aliphatic rings. The van der Waals surface area contributed by atoms with E-state index in [-0.39, 0.29) is 0 Å². The molecule has 20 heavy (non-hydrogen) atoms. The lowest BCUT2D eigenvalue weighted by Crippen LogP contribution is -1.82. The molecule has 3 rings (SSSR count). The van der Waals surface area contributed by atoms with Crippen LogP contribution in [0.5, 0.6) is 0 Å². The molecule has 0 unspecified atom stereocenters. The summed E-state index contributed by atoms with van der Waals surface area (Å²) in [7, 11) is 0. The van der Waals surface area contributed by atoms with Crippen LogP contribution < -0.4 is 0 Å². The van der Waals surface area contributed by atoms with E-state index in [9.17, 15) is 0 Å². The van der Waals surface area contributed by atoms with Crippen LogP contribution in [0.4, 0.5) is 0 Å². The minimum Gasteiger partial charge on any atom is -0.244 e. The SMILES string of the molecule is [C-]#[N+]/C(C)=C\c1cnc(-c2ccc(C)c3nsnc23)s1. The van der Waals surface area contributed by atoms with E-state index in [1.54, 1.807) is 24.5 Å². The zero-order chi connectivity index (χ0) is 14.1. The molecule has 3 aromatic rings. The molecule has 0 saturated heterocycles. The van der Waals surface area contributed by atoms with Crippen LogP contribution in [0.2, 0.25) is 0 Å². The number of aryl methyl sites for hydroxylation is 1. The Labute approximate surface area is 124 Å². The minimum absolute atomic E-state index is 0.657. The number of aromatic nitrogens is 3. The Morgan fingerprint density at radius 3 is 2.90 bits per heavy atom. The molecule has 0 saturated carbocycles. The second-order valence-electron chi connectivity index (χ2n) is 4.36. The highest BCUT2D eigenvalue weighted by molar-refractivity contribution is 7.16. The first-order valence-electron chi connectivity index (χ1n) is 5.93. The third kappa shape index (κ3) is 2.22. The van der Waals surface area contributed by atoms with Gasteiger partial charge in [-0.2, -0.15) is 8.75 Å². The monoisotopic (exact) mass is 298 g/mol. The van der Waals surface area contributed by atoms with Gasteiger partial charge in [0.05, 0.1) is 18.3 Å². The second kappa shape index (κ2) is 5.12. The molecule has 0 atom stereocenters. The number of nitrogens with zero attached hydrogens (tertiary/aromatic N) is 4. The van der Waals surface area contributed by atoms with Gasteiger partial charge in [0.15, 0.2) is 5.70 Å². The summed E-state index contributed by atoms with van der Waals surface area (Å²) in [5.41, 5.74) is 4.63. The molecule has 0 aliphatic carbocycles. The maximum Gasteiger partial charge on any atom is 0.164 e. The molecule has 2 heterocycles. The zero-order valence-electron chi connectivity index (χ0n) is 10.9. The highest BCUT2D eigenvalue weighted by Crippen LogP contribution is 2.32. The number of benzene rings is 1. The van der Waals surface area contributed by atoms with Crippen LogP contribution in [0.3, 0.4) is 0 Å². The van der Waals surface area contributed by atoms with Gasteiger partial charge >= 0.3 is 0 Å². The molecule has 0 N–H and O–H groups in total. The van der Waals surface area contributed by atoms with Crippen molar-refractivity contribution < 1.29 is 0 Å². The second-order valence-corrected chi connectivity index (χ2v) is 5.95. The first kappa shape index (κ1) is 12.9. The van der Waals surface area contributed by atoms with Gasteiger partial charge in [-0.05, 0) is 31.6 Å².